The van der Waals surface area contributed by atoms with Crippen molar-refractivity contribution in [3.8, 4) is 0 Å². The van der Waals surface area contributed by atoms with Crippen LogP contribution in [0.3, 0.4) is 0 Å². The van der Waals surface area contributed by atoms with E-state index in [0.29, 0.717) is 0 Å². The zero-order valence-corrected chi connectivity index (χ0v) is 11.1. The van der Waals surface area contributed by atoms with Crippen molar-refractivity contribution in [3.05, 3.63) is 47.1 Å². The number of hydrogen-bond acceptors (Lipinski definition) is 0. The van der Waals surface area contributed by atoms with Gasteiger partial charge in [0, 0.05) is 0 Å². The predicted octanol–water partition coefficient (Wildman–Crippen LogP) is 4.96. The molecule has 4 rings (SSSR count). The molecule has 1 saturated carbocycles. The first-order valence-corrected chi connectivity index (χ1v) is 7.69. The third-order valence-corrected chi connectivity index (χ3v) is 5.40. The maximum Gasteiger partial charge on any atom is -0.0121 e. The minimum Gasteiger partial charge on any atom is -0.0839 e. The van der Waals surface area contributed by atoms with Crippen molar-refractivity contribution in [2.24, 2.45) is 17.8 Å². The predicted molar refractivity (Wildman–Crippen MR) is 76.2 cm³/mol. The molecule has 3 atom stereocenters. The van der Waals surface area contributed by atoms with E-state index in [4.69, 9.17) is 0 Å². The molecule has 3 unspecified atom stereocenters. The Morgan fingerprint density at radius 2 is 1.83 bits per heavy atom. The van der Waals surface area contributed by atoms with E-state index in [-0.39, 0.29) is 0 Å². The molecule has 0 aromatic carbocycles. The Kier molecular flexibility index (Phi) is 2.57. The first-order valence-electron chi connectivity index (χ1n) is 7.69. The molecule has 0 N–H and O–H groups in total. The molecule has 0 bridgehead atoms. The summed E-state index contributed by atoms with van der Waals surface area (Å²) in [4.78, 5) is 0. The molecule has 0 spiro atoms. The van der Waals surface area contributed by atoms with Crippen LogP contribution < -0.4 is 0 Å². The average molecular weight is 238 g/mol. The van der Waals surface area contributed by atoms with Gasteiger partial charge < -0.3 is 0 Å². The molecule has 0 amide bonds. The summed E-state index contributed by atoms with van der Waals surface area (Å²) >= 11 is 0. The quantitative estimate of drug-likeness (QED) is 0.560. The fraction of sp³-hybridized carbons (Fsp3) is 0.556. The van der Waals surface area contributed by atoms with E-state index in [9.17, 15) is 0 Å². The van der Waals surface area contributed by atoms with E-state index in [1.807, 2.05) is 0 Å². The van der Waals surface area contributed by atoms with Gasteiger partial charge in [0.25, 0.3) is 0 Å². The summed E-state index contributed by atoms with van der Waals surface area (Å²) in [7, 11) is 0. The highest BCUT2D eigenvalue weighted by Gasteiger charge is 2.33. The lowest BCUT2D eigenvalue weighted by Crippen LogP contribution is -2.26. The zero-order valence-electron chi connectivity index (χ0n) is 11.1. The average Bonchev–Trinajstić information content (AvgIpc) is 2.42. The van der Waals surface area contributed by atoms with Crippen LogP contribution in [0, 0.1) is 17.8 Å². The molecule has 4 aliphatic carbocycles. The monoisotopic (exact) mass is 238 g/mol. The SMILES string of the molecule is C1=CCC2CC3CC4CCCCC4=CC3=CC2=C1. The summed E-state index contributed by atoms with van der Waals surface area (Å²) in [5.41, 5.74) is 5.02. The summed E-state index contributed by atoms with van der Waals surface area (Å²) in [6.07, 6.45) is 21.9. The maximum absolute atomic E-state index is 2.58. The smallest absolute Gasteiger partial charge is 0.0121 e. The molecule has 0 aromatic heterocycles. The third kappa shape index (κ3) is 1.74. The minimum absolute atomic E-state index is 0.822. The standard InChI is InChI=1S/C18H22/c1-2-6-14-10-18-12-16-8-4-3-7-15(16)11-17(18)9-13(14)5-1/h1-2,5,9,11,14,16,18H,3-4,6-8,10,12H2. The van der Waals surface area contributed by atoms with Crippen molar-refractivity contribution in [3.63, 3.8) is 0 Å². The second-order valence-electron chi connectivity index (χ2n) is 6.50. The molecule has 4 aliphatic rings. The number of allylic oxidation sites excluding steroid dienone is 8. The molecule has 0 aromatic rings. The molecule has 18 heavy (non-hydrogen) atoms. The second kappa shape index (κ2) is 4.26. The summed E-state index contributed by atoms with van der Waals surface area (Å²) in [5.74, 6) is 2.62. The number of fused-ring (bicyclic) bond motifs is 3. The summed E-state index contributed by atoms with van der Waals surface area (Å²) in [6.45, 7) is 0. The van der Waals surface area contributed by atoms with Crippen molar-refractivity contribution >= 4 is 0 Å². The fourth-order valence-corrected chi connectivity index (χ4v) is 4.40. The van der Waals surface area contributed by atoms with E-state index >= 15 is 0 Å². The van der Waals surface area contributed by atoms with Crippen molar-refractivity contribution in [1.29, 1.82) is 0 Å². The summed E-state index contributed by atoms with van der Waals surface area (Å²) < 4.78 is 0. The first kappa shape index (κ1) is 10.8. The van der Waals surface area contributed by atoms with Crippen LogP contribution in [0.1, 0.15) is 44.9 Å². The van der Waals surface area contributed by atoms with Crippen molar-refractivity contribution < 1.29 is 0 Å². The molecule has 0 saturated heterocycles. The lowest BCUT2D eigenvalue weighted by Gasteiger charge is -2.39. The lowest BCUT2D eigenvalue weighted by molar-refractivity contribution is 0.322. The molecule has 0 radical (unpaired) electrons. The van der Waals surface area contributed by atoms with Crippen molar-refractivity contribution in [1.82, 2.24) is 0 Å². The van der Waals surface area contributed by atoms with E-state index in [0.717, 1.165) is 17.8 Å². The van der Waals surface area contributed by atoms with Gasteiger partial charge in [-0.3, -0.25) is 0 Å². The summed E-state index contributed by atoms with van der Waals surface area (Å²) in [5, 5.41) is 0. The van der Waals surface area contributed by atoms with Gasteiger partial charge in [0.05, 0.1) is 0 Å². The van der Waals surface area contributed by atoms with Crippen LogP contribution in [-0.4, -0.2) is 0 Å². The molecule has 0 aliphatic heterocycles. The van der Waals surface area contributed by atoms with Crippen LogP contribution >= 0.6 is 0 Å². The van der Waals surface area contributed by atoms with Gasteiger partial charge in [-0.05, 0) is 67.4 Å². The molecule has 0 heteroatoms. The Labute approximate surface area is 110 Å². The van der Waals surface area contributed by atoms with Gasteiger partial charge in [-0.15, -0.1) is 0 Å². The van der Waals surface area contributed by atoms with Crippen molar-refractivity contribution in [2.45, 2.75) is 44.9 Å². The normalized spacial score (nSPS) is 37.8. The number of rotatable bonds is 0. The Balaban J connectivity index is 1.70. The Bertz CT molecular complexity index is 472. The number of hydrogen-bond donors (Lipinski definition) is 0. The Morgan fingerprint density at radius 1 is 0.889 bits per heavy atom. The van der Waals surface area contributed by atoms with E-state index in [1.165, 1.54) is 44.9 Å². The Morgan fingerprint density at radius 3 is 2.83 bits per heavy atom. The molecular weight excluding hydrogens is 216 g/mol. The third-order valence-electron chi connectivity index (χ3n) is 5.40. The lowest BCUT2D eigenvalue weighted by atomic mass is 9.66. The van der Waals surface area contributed by atoms with Crippen LogP contribution in [0.15, 0.2) is 47.1 Å². The molecule has 0 heterocycles. The van der Waals surface area contributed by atoms with Crippen molar-refractivity contribution in [2.75, 3.05) is 0 Å². The maximum atomic E-state index is 2.58. The van der Waals surface area contributed by atoms with E-state index in [2.05, 4.69) is 30.4 Å². The first-order chi connectivity index (χ1) is 8.90. The van der Waals surface area contributed by atoms with E-state index in [1.54, 1.807) is 16.7 Å². The summed E-state index contributed by atoms with van der Waals surface area (Å²) in [6, 6.07) is 0. The van der Waals surface area contributed by atoms with Crippen LogP contribution in [-0.2, 0) is 0 Å². The molecule has 0 nitrogen and oxygen atoms in total. The molecule has 94 valence electrons. The Hall–Kier alpha value is -1.04. The van der Waals surface area contributed by atoms with Gasteiger partial charge in [0.2, 0.25) is 0 Å². The van der Waals surface area contributed by atoms with Gasteiger partial charge in [-0.25, -0.2) is 0 Å². The second-order valence-corrected chi connectivity index (χ2v) is 6.50. The van der Waals surface area contributed by atoms with Crippen LogP contribution in [0.4, 0.5) is 0 Å². The molecule has 1 fully saturated rings. The van der Waals surface area contributed by atoms with Gasteiger partial charge in [-0.2, -0.15) is 0 Å². The van der Waals surface area contributed by atoms with Crippen LogP contribution in [0.5, 0.6) is 0 Å². The minimum atomic E-state index is 0.822. The van der Waals surface area contributed by atoms with Gasteiger partial charge in [-0.1, -0.05) is 42.4 Å². The van der Waals surface area contributed by atoms with Gasteiger partial charge in [0.15, 0.2) is 0 Å². The topological polar surface area (TPSA) is 0 Å². The van der Waals surface area contributed by atoms with Gasteiger partial charge >= 0.3 is 0 Å². The van der Waals surface area contributed by atoms with Crippen LogP contribution in [0.2, 0.25) is 0 Å². The highest BCUT2D eigenvalue weighted by molar-refractivity contribution is 5.43. The fourth-order valence-electron chi connectivity index (χ4n) is 4.40. The highest BCUT2D eigenvalue weighted by atomic mass is 14.4. The zero-order chi connectivity index (χ0) is 11.9. The van der Waals surface area contributed by atoms with Crippen LogP contribution in [0.25, 0.3) is 0 Å². The largest absolute Gasteiger partial charge is 0.0839 e. The molecular formula is C18H22. The van der Waals surface area contributed by atoms with Gasteiger partial charge in [0.1, 0.15) is 0 Å². The van der Waals surface area contributed by atoms with E-state index < -0.39 is 0 Å². The highest BCUT2D eigenvalue weighted by Crippen LogP contribution is 2.47.